The Morgan fingerprint density at radius 1 is 1.19 bits per heavy atom. The lowest BCUT2D eigenvalue weighted by Gasteiger charge is -2.02. The lowest BCUT2D eigenvalue weighted by Crippen LogP contribution is -1.99. The first-order valence-electron chi connectivity index (χ1n) is 6.31. The van der Waals surface area contributed by atoms with Crippen molar-refractivity contribution in [2.75, 3.05) is 7.11 Å². The molecule has 2 heterocycles. The van der Waals surface area contributed by atoms with E-state index < -0.39 is 0 Å². The maximum Gasteiger partial charge on any atom is 0.340 e. The van der Waals surface area contributed by atoms with E-state index in [1.807, 2.05) is 28.8 Å². The lowest BCUT2D eigenvalue weighted by molar-refractivity contribution is 0.0603. The van der Waals surface area contributed by atoms with Crippen LogP contribution in [0.15, 0.2) is 64.6 Å². The molecule has 0 atom stereocenters. The van der Waals surface area contributed by atoms with Crippen molar-refractivity contribution in [3.63, 3.8) is 0 Å². The largest absolute Gasteiger partial charge is 0.465 e. The second kappa shape index (κ2) is 5.61. The molecule has 0 bridgehead atoms. The molecular weight excluding hydrogens is 289 g/mol. The molecule has 0 aliphatic heterocycles. The van der Waals surface area contributed by atoms with Crippen LogP contribution in [0, 0.1) is 5.82 Å². The van der Waals surface area contributed by atoms with Gasteiger partial charge in [0.2, 0.25) is 0 Å². The van der Waals surface area contributed by atoms with E-state index in [4.69, 9.17) is 4.74 Å². The molecule has 0 radical (unpaired) electrons. The van der Waals surface area contributed by atoms with E-state index in [1.54, 1.807) is 18.2 Å². The van der Waals surface area contributed by atoms with Crippen molar-refractivity contribution in [3.8, 4) is 0 Å². The Hall–Kier alpha value is -2.27. The first kappa shape index (κ1) is 13.7. The van der Waals surface area contributed by atoms with Crippen molar-refractivity contribution in [2.45, 2.75) is 9.92 Å². The average Bonchev–Trinajstić information content (AvgIpc) is 2.88. The molecule has 0 fully saturated rings. The summed E-state index contributed by atoms with van der Waals surface area (Å²) in [6.45, 7) is 0. The van der Waals surface area contributed by atoms with Gasteiger partial charge in [0, 0.05) is 11.1 Å². The predicted molar refractivity (Wildman–Crippen MR) is 79.3 cm³/mol. The van der Waals surface area contributed by atoms with Crippen LogP contribution in [0.2, 0.25) is 0 Å². The van der Waals surface area contributed by atoms with Crippen molar-refractivity contribution >= 4 is 23.2 Å². The summed E-state index contributed by atoms with van der Waals surface area (Å²) >= 11 is 1.46. The first-order valence-corrected chi connectivity index (χ1v) is 7.12. The molecule has 0 saturated heterocycles. The van der Waals surface area contributed by atoms with Gasteiger partial charge in [-0.2, -0.15) is 0 Å². The maximum atomic E-state index is 13.0. The molecule has 21 heavy (non-hydrogen) atoms. The maximum absolute atomic E-state index is 13.0. The van der Waals surface area contributed by atoms with Crippen LogP contribution in [0.5, 0.6) is 0 Å². The molecule has 0 aliphatic rings. The van der Waals surface area contributed by atoms with E-state index in [0.29, 0.717) is 5.56 Å². The third-order valence-electron chi connectivity index (χ3n) is 3.08. The van der Waals surface area contributed by atoms with Crippen LogP contribution in [0.1, 0.15) is 10.4 Å². The Morgan fingerprint density at radius 3 is 2.67 bits per heavy atom. The fraction of sp³-hybridized carbons (Fsp3) is 0.0625. The Morgan fingerprint density at radius 2 is 1.95 bits per heavy atom. The zero-order valence-corrected chi connectivity index (χ0v) is 12.1. The Kier molecular flexibility index (Phi) is 3.66. The second-order valence-electron chi connectivity index (χ2n) is 4.40. The SMILES string of the molecule is COC(=O)c1cc(Sc2ccc(F)cc2)n2ccccc12. The molecule has 3 rings (SSSR count). The number of halogens is 1. The van der Waals surface area contributed by atoms with Crippen LogP contribution in [0.3, 0.4) is 0 Å². The third-order valence-corrected chi connectivity index (χ3v) is 4.11. The van der Waals surface area contributed by atoms with Crippen molar-refractivity contribution in [1.29, 1.82) is 0 Å². The summed E-state index contributed by atoms with van der Waals surface area (Å²) in [5, 5.41) is 0.873. The van der Waals surface area contributed by atoms with E-state index in [-0.39, 0.29) is 11.8 Å². The number of aromatic nitrogens is 1. The molecule has 0 unspecified atom stereocenters. The molecule has 1 aromatic carbocycles. The van der Waals surface area contributed by atoms with Crippen LogP contribution in [-0.4, -0.2) is 17.5 Å². The van der Waals surface area contributed by atoms with Gasteiger partial charge in [0.15, 0.2) is 0 Å². The van der Waals surface area contributed by atoms with E-state index >= 15 is 0 Å². The summed E-state index contributed by atoms with van der Waals surface area (Å²) in [6.07, 6.45) is 1.88. The van der Waals surface area contributed by atoms with Crippen LogP contribution in [0.25, 0.3) is 5.52 Å². The molecular formula is C16H12FNO2S. The number of benzene rings is 1. The number of rotatable bonds is 3. The Balaban J connectivity index is 2.06. The monoisotopic (exact) mass is 301 g/mol. The molecule has 0 amide bonds. The van der Waals surface area contributed by atoms with Gasteiger partial charge in [-0.25, -0.2) is 9.18 Å². The number of nitrogens with zero attached hydrogens (tertiary/aromatic N) is 1. The summed E-state index contributed by atoms with van der Waals surface area (Å²) in [4.78, 5) is 12.7. The molecule has 5 heteroatoms. The molecule has 0 N–H and O–H groups in total. The number of hydrogen-bond donors (Lipinski definition) is 0. The van der Waals surface area contributed by atoms with Crippen molar-refractivity contribution in [2.24, 2.45) is 0 Å². The van der Waals surface area contributed by atoms with Gasteiger partial charge in [-0.3, -0.25) is 0 Å². The average molecular weight is 301 g/mol. The molecule has 0 spiro atoms. The molecule has 106 valence electrons. The van der Waals surface area contributed by atoms with E-state index in [1.165, 1.54) is 31.0 Å². The Bertz CT molecular complexity index is 796. The molecule has 0 saturated carbocycles. The van der Waals surface area contributed by atoms with E-state index in [9.17, 15) is 9.18 Å². The van der Waals surface area contributed by atoms with Crippen molar-refractivity contribution in [3.05, 3.63) is 66.1 Å². The summed E-state index contributed by atoms with van der Waals surface area (Å²) < 4.78 is 19.7. The normalized spacial score (nSPS) is 10.8. The number of carbonyl (C=O) groups is 1. The summed E-state index contributed by atoms with van der Waals surface area (Å²) in [5.74, 6) is -0.640. The van der Waals surface area contributed by atoms with Gasteiger partial charge in [0.25, 0.3) is 0 Å². The van der Waals surface area contributed by atoms with Gasteiger partial charge in [0.1, 0.15) is 5.82 Å². The number of hydrogen-bond acceptors (Lipinski definition) is 3. The summed E-state index contributed by atoms with van der Waals surface area (Å²) in [6, 6.07) is 13.7. The highest BCUT2D eigenvalue weighted by molar-refractivity contribution is 7.99. The van der Waals surface area contributed by atoms with Crippen LogP contribution in [-0.2, 0) is 4.74 Å². The first-order chi connectivity index (χ1) is 10.2. The molecule has 3 aromatic rings. The fourth-order valence-corrected chi connectivity index (χ4v) is 3.05. The van der Waals surface area contributed by atoms with Crippen LogP contribution < -0.4 is 0 Å². The van der Waals surface area contributed by atoms with Gasteiger partial charge in [-0.15, -0.1) is 0 Å². The molecule has 3 nitrogen and oxygen atoms in total. The summed E-state index contributed by atoms with van der Waals surface area (Å²) in [7, 11) is 1.36. The van der Waals surface area contributed by atoms with Gasteiger partial charge < -0.3 is 9.14 Å². The van der Waals surface area contributed by atoms with Gasteiger partial charge in [-0.05, 0) is 42.5 Å². The predicted octanol–water partition coefficient (Wildman–Crippen LogP) is 4.02. The fourth-order valence-electron chi connectivity index (χ4n) is 2.10. The second-order valence-corrected chi connectivity index (χ2v) is 5.49. The minimum atomic E-state index is -0.371. The van der Waals surface area contributed by atoms with E-state index in [2.05, 4.69) is 0 Å². The highest BCUT2D eigenvalue weighted by atomic mass is 32.2. The number of carbonyl (C=O) groups excluding carboxylic acids is 1. The van der Waals surface area contributed by atoms with Gasteiger partial charge in [-0.1, -0.05) is 17.8 Å². The lowest BCUT2D eigenvalue weighted by atomic mass is 10.2. The van der Waals surface area contributed by atoms with E-state index in [0.717, 1.165) is 15.4 Å². The highest BCUT2D eigenvalue weighted by Crippen LogP contribution is 2.31. The summed E-state index contributed by atoms with van der Waals surface area (Å²) in [5.41, 5.74) is 1.30. The van der Waals surface area contributed by atoms with Crippen molar-refractivity contribution in [1.82, 2.24) is 4.40 Å². The van der Waals surface area contributed by atoms with Crippen molar-refractivity contribution < 1.29 is 13.9 Å². The standard InChI is InChI=1S/C16H12FNO2S/c1-20-16(19)13-10-15(18-9-3-2-4-14(13)18)21-12-7-5-11(17)6-8-12/h2-10H,1H3. The quantitative estimate of drug-likeness (QED) is 0.685. The smallest absolute Gasteiger partial charge is 0.340 e. The Labute approximate surface area is 125 Å². The van der Waals surface area contributed by atoms with Gasteiger partial charge in [0.05, 0.1) is 23.2 Å². The number of methoxy groups -OCH3 is 1. The minimum Gasteiger partial charge on any atom is -0.465 e. The number of esters is 1. The number of pyridine rings is 1. The van der Waals surface area contributed by atoms with Crippen LogP contribution in [0.4, 0.5) is 4.39 Å². The zero-order valence-electron chi connectivity index (χ0n) is 11.2. The number of fused-ring (bicyclic) bond motifs is 1. The third kappa shape index (κ3) is 2.64. The van der Waals surface area contributed by atoms with Crippen LogP contribution >= 0.6 is 11.8 Å². The van der Waals surface area contributed by atoms with Gasteiger partial charge >= 0.3 is 5.97 Å². The topological polar surface area (TPSA) is 30.7 Å². The molecule has 0 aliphatic carbocycles. The molecule has 2 aromatic heterocycles. The zero-order chi connectivity index (χ0) is 14.8. The highest BCUT2D eigenvalue weighted by Gasteiger charge is 2.16. The number of ether oxygens (including phenoxy) is 1. The minimum absolute atomic E-state index is 0.269.